The molecule has 0 saturated carbocycles. The Kier molecular flexibility index (Phi) is 6.97. The molecule has 2 N–H and O–H groups in total. The highest BCUT2D eigenvalue weighted by Crippen LogP contribution is 2.23. The van der Waals surface area contributed by atoms with Crippen LogP contribution in [0.5, 0.6) is 0 Å². The minimum atomic E-state index is 0.0656. The quantitative estimate of drug-likeness (QED) is 0.580. The monoisotopic (exact) mass is 264 g/mol. The summed E-state index contributed by atoms with van der Waals surface area (Å²) in [4.78, 5) is 14.0. The summed E-state index contributed by atoms with van der Waals surface area (Å²) in [6.45, 7) is 5.96. The van der Waals surface area contributed by atoms with Crippen molar-refractivity contribution in [1.82, 2.24) is 0 Å². The van der Waals surface area contributed by atoms with Gasteiger partial charge in [-0.2, -0.15) is 0 Å². The average molecular weight is 264 g/mol. The Balaban J connectivity index is 2.66. The van der Waals surface area contributed by atoms with Gasteiger partial charge in [0.25, 0.3) is 0 Å². The van der Waals surface area contributed by atoms with E-state index < -0.39 is 0 Å². The van der Waals surface area contributed by atoms with E-state index in [9.17, 15) is 4.79 Å². The maximum absolute atomic E-state index is 12.2. The molecule has 106 valence electrons. The van der Waals surface area contributed by atoms with E-state index in [0.29, 0.717) is 31.9 Å². The molecule has 1 amide bonds. The van der Waals surface area contributed by atoms with Gasteiger partial charge in [0, 0.05) is 13.2 Å². The highest BCUT2D eigenvalue weighted by Gasteiger charge is 2.16. The second-order valence-electron chi connectivity index (χ2n) is 4.47. The Bertz CT molecular complexity index is 393. The predicted molar refractivity (Wildman–Crippen MR) is 79.2 cm³/mol. The molecule has 1 aromatic rings. The second kappa shape index (κ2) is 8.53. The molecule has 0 spiro atoms. The molecule has 0 aromatic heterocycles. The number of carbonyl (C=O) groups is 1. The largest absolute Gasteiger partial charge is 0.397 e. The zero-order valence-electron chi connectivity index (χ0n) is 11.9. The van der Waals surface area contributed by atoms with Crippen LogP contribution in [0.1, 0.15) is 33.1 Å². The molecule has 0 radical (unpaired) electrons. The molecular formula is C15H24N2O2. The van der Waals surface area contributed by atoms with Crippen LogP contribution in [0.4, 0.5) is 11.4 Å². The van der Waals surface area contributed by atoms with Crippen LogP contribution in [0.2, 0.25) is 0 Å². The summed E-state index contributed by atoms with van der Waals surface area (Å²) >= 11 is 0. The summed E-state index contributed by atoms with van der Waals surface area (Å²) in [5.41, 5.74) is 7.37. The Morgan fingerprint density at radius 3 is 2.58 bits per heavy atom. The summed E-state index contributed by atoms with van der Waals surface area (Å²) in [5, 5.41) is 0. The van der Waals surface area contributed by atoms with Crippen LogP contribution in [0.3, 0.4) is 0 Å². The van der Waals surface area contributed by atoms with Gasteiger partial charge in [-0.25, -0.2) is 0 Å². The molecule has 4 nitrogen and oxygen atoms in total. The summed E-state index contributed by atoms with van der Waals surface area (Å²) in [5.74, 6) is 0.0656. The Morgan fingerprint density at radius 1 is 1.21 bits per heavy atom. The SMILES string of the molecule is CCCOCCC(=O)N(CCC)c1ccccc1N. The van der Waals surface area contributed by atoms with Crippen LogP contribution in [0.25, 0.3) is 0 Å². The molecule has 0 saturated heterocycles. The lowest BCUT2D eigenvalue weighted by molar-refractivity contribution is -0.119. The molecule has 4 heteroatoms. The van der Waals surface area contributed by atoms with E-state index in [1.807, 2.05) is 31.2 Å². The number of rotatable bonds is 8. The number of hydrogen-bond donors (Lipinski definition) is 1. The third-order valence-corrected chi connectivity index (χ3v) is 2.78. The van der Waals surface area contributed by atoms with Gasteiger partial charge in [0.2, 0.25) is 5.91 Å². The van der Waals surface area contributed by atoms with E-state index in [-0.39, 0.29) is 5.91 Å². The first-order chi connectivity index (χ1) is 9.20. The van der Waals surface area contributed by atoms with E-state index in [2.05, 4.69) is 6.92 Å². The molecule has 1 rings (SSSR count). The van der Waals surface area contributed by atoms with Gasteiger partial charge in [-0.15, -0.1) is 0 Å². The molecule has 0 atom stereocenters. The van der Waals surface area contributed by atoms with Crippen molar-refractivity contribution in [3.8, 4) is 0 Å². The van der Waals surface area contributed by atoms with Crippen LogP contribution < -0.4 is 10.6 Å². The third-order valence-electron chi connectivity index (χ3n) is 2.78. The number of carbonyl (C=O) groups excluding carboxylic acids is 1. The summed E-state index contributed by atoms with van der Waals surface area (Å²) in [6, 6.07) is 7.47. The average Bonchev–Trinajstić information content (AvgIpc) is 2.42. The predicted octanol–water partition coefficient (Wildman–Crippen LogP) is 2.83. The normalized spacial score (nSPS) is 10.4. The molecule has 0 heterocycles. The maximum Gasteiger partial charge on any atom is 0.229 e. The molecule has 0 bridgehead atoms. The molecule has 0 aliphatic heterocycles. The number of amides is 1. The Morgan fingerprint density at radius 2 is 1.95 bits per heavy atom. The lowest BCUT2D eigenvalue weighted by Gasteiger charge is -2.23. The van der Waals surface area contributed by atoms with E-state index in [1.54, 1.807) is 4.90 Å². The lowest BCUT2D eigenvalue weighted by atomic mass is 10.2. The number of nitrogens with zero attached hydrogens (tertiary/aromatic N) is 1. The van der Waals surface area contributed by atoms with Crippen molar-refractivity contribution in [2.24, 2.45) is 0 Å². The summed E-state index contributed by atoms with van der Waals surface area (Å²) in [6.07, 6.45) is 2.27. The van der Waals surface area contributed by atoms with Gasteiger partial charge in [-0.3, -0.25) is 4.79 Å². The first kappa shape index (κ1) is 15.5. The lowest BCUT2D eigenvalue weighted by Crippen LogP contribution is -2.33. The number of para-hydroxylation sites is 2. The van der Waals surface area contributed by atoms with Gasteiger partial charge in [-0.05, 0) is 25.0 Å². The van der Waals surface area contributed by atoms with Crippen LogP contribution in [0.15, 0.2) is 24.3 Å². The third kappa shape index (κ3) is 4.91. The van der Waals surface area contributed by atoms with Crippen LogP contribution in [-0.2, 0) is 9.53 Å². The maximum atomic E-state index is 12.2. The van der Waals surface area contributed by atoms with Gasteiger partial charge in [0.15, 0.2) is 0 Å². The number of ether oxygens (including phenoxy) is 1. The van der Waals surface area contributed by atoms with Crippen LogP contribution in [-0.4, -0.2) is 25.7 Å². The molecule has 0 aliphatic carbocycles. The molecule has 1 aromatic carbocycles. The molecule has 0 unspecified atom stereocenters. The van der Waals surface area contributed by atoms with Crippen molar-refractivity contribution >= 4 is 17.3 Å². The minimum Gasteiger partial charge on any atom is -0.397 e. The van der Waals surface area contributed by atoms with E-state index in [0.717, 1.165) is 18.5 Å². The van der Waals surface area contributed by atoms with Gasteiger partial charge >= 0.3 is 0 Å². The Hall–Kier alpha value is -1.55. The van der Waals surface area contributed by atoms with Crippen molar-refractivity contribution in [3.05, 3.63) is 24.3 Å². The first-order valence-electron chi connectivity index (χ1n) is 6.93. The molecule has 0 fully saturated rings. The van der Waals surface area contributed by atoms with E-state index in [1.165, 1.54) is 0 Å². The van der Waals surface area contributed by atoms with Crippen molar-refractivity contribution < 1.29 is 9.53 Å². The topological polar surface area (TPSA) is 55.6 Å². The number of nitrogen functional groups attached to an aromatic ring is 1. The highest BCUT2D eigenvalue weighted by molar-refractivity contribution is 5.96. The molecule has 19 heavy (non-hydrogen) atoms. The number of nitrogens with two attached hydrogens (primary N) is 1. The van der Waals surface area contributed by atoms with Gasteiger partial charge < -0.3 is 15.4 Å². The van der Waals surface area contributed by atoms with Crippen LogP contribution in [0, 0.1) is 0 Å². The van der Waals surface area contributed by atoms with Crippen molar-refractivity contribution in [3.63, 3.8) is 0 Å². The minimum absolute atomic E-state index is 0.0656. The molecular weight excluding hydrogens is 240 g/mol. The summed E-state index contributed by atoms with van der Waals surface area (Å²) in [7, 11) is 0. The van der Waals surface area contributed by atoms with Crippen molar-refractivity contribution in [1.29, 1.82) is 0 Å². The van der Waals surface area contributed by atoms with E-state index >= 15 is 0 Å². The zero-order valence-corrected chi connectivity index (χ0v) is 11.9. The standard InChI is InChI=1S/C15H24N2O2/c1-3-10-17(14-8-6-5-7-13(14)16)15(18)9-12-19-11-4-2/h5-8H,3-4,9-12,16H2,1-2H3. The fourth-order valence-electron chi connectivity index (χ4n) is 1.88. The van der Waals surface area contributed by atoms with Crippen molar-refractivity contribution in [2.45, 2.75) is 33.1 Å². The highest BCUT2D eigenvalue weighted by atomic mass is 16.5. The van der Waals surface area contributed by atoms with Crippen LogP contribution >= 0.6 is 0 Å². The fraction of sp³-hybridized carbons (Fsp3) is 0.533. The number of anilines is 2. The molecule has 0 aliphatic rings. The van der Waals surface area contributed by atoms with Gasteiger partial charge in [-0.1, -0.05) is 26.0 Å². The fourth-order valence-corrected chi connectivity index (χ4v) is 1.88. The zero-order chi connectivity index (χ0) is 14.1. The second-order valence-corrected chi connectivity index (χ2v) is 4.47. The summed E-state index contributed by atoms with van der Waals surface area (Å²) < 4.78 is 5.37. The number of hydrogen-bond acceptors (Lipinski definition) is 3. The van der Waals surface area contributed by atoms with Gasteiger partial charge in [0.1, 0.15) is 0 Å². The smallest absolute Gasteiger partial charge is 0.229 e. The van der Waals surface area contributed by atoms with E-state index in [4.69, 9.17) is 10.5 Å². The first-order valence-corrected chi connectivity index (χ1v) is 6.93. The Labute approximate surface area is 115 Å². The van der Waals surface area contributed by atoms with Crippen molar-refractivity contribution in [2.75, 3.05) is 30.4 Å². The van der Waals surface area contributed by atoms with Gasteiger partial charge in [0.05, 0.1) is 24.4 Å². The number of benzene rings is 1.